The van der Waals surface area contributed by atoms with Crippen molar-refractivity contribution in [2.24, 2.45) is 0 Å². The van der Waals surface area contributed by atoms with Crippen LogP contribution in [0.5, 0.6) is 0 Å². The van der Waals surface area contributed by atoms with Crippen LogP contribution in [0.15, 0.2) is 35.7 Å². The third-order valence-electron chi connectivity index (χ3n) is 3.76. The smallest absolute Gasteiger partial charge is 0.319 e. The van der Waals surface area contributed by atoms with Crippen molar-refractivity contribution in [3.63, 3.8) is 0 Å². The lowest BCUT2D eigenvalue weighted by Crippen LogP contribution is -2.41. The third kappa shape index (κ3) is 3.09. The van der Waals surface area contributed by atoms with E-state index in [-0.39, 0.29) is 12.1 Å². The van der Waals surface area contributed by atoms with Crippen LogP contribution in [0.4, 0.5) is 10.5 Å². The van der Waals surface area contributed by atoms with E-state index in [0.717, 1.165) is 22.5 Å². The molecule has 1 aromatic carbocycles. The topological polar surface area (TPSA) is 61.4 Å². The quantitative estimate of drug-likeness (QED) is 0.797. The number of aliphatic hydroxyl groups excluding tert-OH is 1. The second-order valence-corrected chi connectivity index (χ2v) is 6.44. The molecule has 1 heterocycles. The number of anilines is 1. The van der Waals surface area contributed by atoms with E-state index in [1.165, 1.54) is 5.56 Å². The summed E-state index contributed by atoms with van der Waals surface area (Å²) in [6.07, 6.45) is 0.968. The molecule has 2 amide bonds. The zero-order valence-corrected chi connectivity index (χ0v) is 12.6. The molecule has 0 bridgehead atoms. The SMILES string of the molecule is Cc1cc(NC(=O)N[C@H]2c3ccccc3CC[C@H]2O)cs1. The zero-order chi connectivity index (χ0) is 14.8. The molecule has 3 N–H and O–H groups in total. The molecule has 0 fully saturated rings. The van der Waals surface area contributed by atoms with Crippen molar-refractivity contribution >= 4 is 23.1 Å². The van der Waals surface area contributed by atoms with Crippen LogP contribution in [0.3, 0.4) is 0 Å². The third-order valence-corrected chi connectivity index (χ3v) is 4.62. The van der Waals surface area contributed by atoms with Crippen LogP contribution in [-0.2, 0) is 6.42 Å². The number of benzene rings is 1. The van der Waals surface area contributed by atoms with Crippen LogP contribution in [0, 0.1) is 6.92 Å². The minimum Gasteiger partial charge on any atom is -0.391 e. The van der Waals surface area contributed by atoms with Crippen molar-refractivity contribution in [2.45, 2.75) is 31.9 Å². The molecule has 0 unspecified atom stereocenters. The summed E-state index contributed by atoms with van der Waals surface area (Å²) in [7, 11) is 0. The summed E-state index contributed by atoms with van der Waals surface area (Å²) in [4.78, 5) is 13.3. The van der Waals surface area contributed by atoms with Gasteiger partial charge in [0.25, 0.3) is 0 Å². The van der Waals surface area contributed by atoms with Crippen molar-refractivity contribution < 1.29 is 9.90 Å². The molecule has 21 heavy (non-hydrogen) atoms. The first-order valence-corrected chi connectivity index (χ1v) is 7.90. The molecular weight excluding hydrogens is 284 g/mol. The summed E-state index contributed by atoms with van der Waals surface area (Å²) in [5.74, 6) is 0. The van der Waals surface area contributed by atoms with Gasteiger partial charge in [-0.15, -0.1) is 11.3 Å². The molecule has 0 radical (unpaired) electrons. The van der Waals surface area contributed by atoms with Crippen LogP contribution in [0.2, 0.25) is 0 Å². The molecule has 1 aliphatic carbocycles. The number of carbonyl (C=O) groups is 1. The van der Waals surface area contributed by atoms with Gasteiger partial charge in [0.05, 0.1) is 17.8 Å². The Morgan fingerprint density at radius 3 is 2.95 bits per heavy atom. The fraction of sp³-hybridized carbons (Fsp3) is 0.312. The van der Waals surface area contributed by atoms with E-state index in [1.54, 1.807) is 11.3 Å². The monoisotopic (exact) mass is 302 g/mol. The summed E-state index contributed by atoms with van der Waals surface area (Å²) < 4.78 is 0. The fourth-order valence-corrected chi connectivity index (χ4v) is 3.37. The highest BCUT2D eigenvalue weighted by Gasteiger charge is 2.29. The lowest BCUT2D eigenvalue weighted by molar-refractivity contribution is 0.115. The Bertz CT molecular complexity index is 653. The van der Waals surface area contributed by atoms with Crippen molar-refractivity contribution in [3.05, 3.63) is 51.7 Å². The highest BCUT2D eigenvalue weighted by atomic mass is 32.1. The summed E-state index contributed by atoms with van der Waals surface area (Å²) in [6, 6.07) is 9.24. The number of nitrogens with one attached hydrogen (secondary N) is 2. The Kier molecular flexibility index (Phi) is 3.94. The Balaban J connectivity index is 1.73. The number of thiophene rings is 1. The maximum atomic E-state index is 12.1. The van der Waals surface area contributed by atoms with Crippen LogP contribution in [0.25, 0.3) is 0 Å². The molecule has 3 rings (SSSR count). The van der Waals surface area contributed by atoms with Gasteiger partial charge in [-0.1, -0.05) is 24.3 Å². The first-order valence-electron chi connectivity index (χ1n) is 7.02. The molecule has 1 aromatic heterocycles. The van der Waals surface area contributed by atoms with E-state index < -0.39 is 6.10 Å². The number of aliphatic hydroxyl groups is 1. The normalized spacial score (nSPS) is 20.7. The highest BCUT2D eigenvalue weighted by Crippen LogP contribution is 2.30. The molecule has 0 aliphatic heterocycles. The number of amides is 2. The lowest BCUT2D eigenvalue weighted by Gasteiger charge is -2.30. The average Bonchev–Trinajstić information content (AvgIpc) is 2.87. The molecule has 1 aliphatic rings. The van der Waals surface area contributed by atoms with Crippen LogP contribution < -0.4 is 10.6 Å². The molecule has 5 heteroatoms. The first-order chi connectivity index (χ1) is 10.1. The van der Waals surface area contributed by atoms with Gasteiger partial charge in [-0.2, -0.15) is 0 Å². The van der Waals surface area contributed by atoms with Crippen molar-refractivity contribution in [1.82, 2.24) is 5.32 Å². The van der Waals surface area contributed by atoms with E-state index >= 15 is 0 Å². The number of fused-ring (bicyclic) bond motifs is 1. The number of urea groups is 1. The number of aryl methyl sites for hydroxylation is 2. The fourth-order valence-electron chi connectivity index (χ4n) is 2.73. The maximum absolute atomic E-state index is 12.1. The average molecular weight is 302 g/mol. The highest BCUT2D eigenvalue weighted by molar-refractivity contribution is 7.10. The number of rotatable bonds is 2. The van der Waals surface area contributed by atoms with E-state index in [1.807, 2.05) is 36.6 Å². The Morgan fingerprint density at radius 2 is 2.19 bits per heavy atom. The standard InChI is InChI=1S/C16H18N2O2S/c1-10-8-12(9-21-10)17-16(20)18-15-13-5-3-2-4-11(13)6-7-14(15)19/h2-5,8-9,14-15,19H,6-7H2,1H3,(H2,17,18,20)/t14-,15+/m1/s1. The van der Waals surface area contributed by atoms with Gasteiger partial charge in [0, 0.05) is 10.3 Å². The molecule has 2 atom stereocenters. The van der Waals surface area contributed by atoms with Gasteiger partial charge in [-0.05, 0) is 37.0 Å². The summed E-state index contributed by atoms with van der Waals surface area (Å²) in [5, 5.41) is 17.8. The van der Waals surface area contributed by atoms with Gasteiger partial charge >= 0.3 is 6.03 Å². The second-order valence-electron chi connectivity index (χ2n) is 5.33. The van der Waals surface area contributed by atoms with E-state index in [2.05, 4.69) is 16.7 Å². The molecule has 0 saturated carbocycles. The number of carbonyl (C=O) groups excluding carboxylic acids is 1. The van der Waals surface area contributed by atoms with Crippen LogP contribution in [0.1, 0.15) is 28.5 Å². The minimum absolute atomic E-state index is 0.284. The summed E-state index contributed by atoms with van der Waals surface area (Å²) >= 11 is 1.59. The number of hydrogen-bond acceptors (Lipinski definition) is 3. The van der Waals surface area contributed by atoms with Gasteiger partial charge in [0.2, 0.25) is 0 Å². The first kappa shape index (κ1) is 14.1. The lowest BCUT2D eigenvalue weighted by atomic mass is 9.86. The Labute approximate surface area is 127 Å². The van der Waals surface area contributed by atoms with Crippen molar-refractivity contribution in [1.29, 1.82) is 0 Å². The minimum atomic E-state index is -0.546. The Hall–Kier alpha value is -1.85. The predicted octanol–water partition coefficient (Wildman–Crippen LogP) is 3.23. The van der Waals surface area contributed by atoms with Gasteiger partial charge < -0.3 is 15.7 Å². The van der Waals surface area contributed by atoms with Crippen LogP contribution in [-0.4, -0.2) is 17.2 Å². The largest absolute Gasteiger partial charge is 0.391 e. The summed E-state index contributed by atoms with van der Waals surface area (Å²) in [6.45, 7) is 1.99. The van der Waals surface area contributed by atoms with Gasteiger partial charge in [-0.3, -0.25) is 0 Å². The zero-order valence-electron chi connectivity index (χ0n) is 11.8. The number of hydrogen-bond donors (Lipinski definition) is 3. The molecular formula is C16H18N2O2S. The molecule has 4 nitrogen and oxygen atoms in total. The Morgan fingerprint density at radius 1 is 1.38 bits per heavy atom. The predicted molar refractivity (Wildman–Crippen MR) is 84.7 cm³/mol. The van der Waals surface area contributed by atoms with E-state index in [4.69, 9.17) is 0 Å². The maximum Gasteiger partial charge on any atom is 0.319 e. The molecule has 110 valence electrons. The van der Waals surface area contributed by atoms with E-state index in [9.17, 15) is 9.90 Å². The van der Waals surface area contributed by atoms with Crippen molar-refractivity contribution in [3.8, 4) is 0 Å². The van der Waals surface area contributed by atoms with E-state index in [0.29, 0.717) is 6.42 Å². The second kappa shape index (κ2) is 5.87. The van der Waals surface area contributed by atoms with Gasteiger partial charge in [0.1, 0.15) is 0 Å². The van der Waals surface area contributed by atoms with Crippen LogP contribution >= 0.6 is 11.3 Å². The van der Waals surface area contributed by atoms with Crippen molar-refractivity contribution in [2.75, 3.05) is 5.32 Å². The van der Waals surface area contributed by atoms with Gasteiger partial charge in [0.15, 0.2) is 0 Å². The molecule has 0 saturated heterocycles. The molecule has 2 aromatic rings. The molecule has 0 spiro atoms. The van der Waals surface area contributed by atoms with Gasteiger partial charge in [-0.25, -0.2) is 4.79 Å². The summed E-state index contributed by atoms with van der Waals surface area (Å²) in [5.41, 5.74) is 2.99.